The summed E-state index contributed by atoms with van der Waals surface area (Å²) in [5, 5.41) is 0. The molecule has 0 saturated carbocycles. The van der Waals surface area contributed by atoms with Crippen LogP contribution >= 0.6 is 0 Å². The van der Waals surface area contributed by atoms with Crippen molar-refractivity contribution in [2.24, 2.45) is 0 Å². The molecular weight excluding hydrogens is 178 g/mol. The van der Waals surface area contributed by atoms with Gasteiger partial charge in [0, 0.05) is 5.57 Å². The number of amides is 1. The molecule has 1 heterocycles. The smallest absolute Gasteiger partial charge is 0.261 e. The van der Waals surface area contributed by atoms with Gasteiger partial charge >= 0.3 is 0 Å². The molecule has 0 fully saturated rings. The number of carbonyl (C=O) groups is 1. The average molecular weight is 189 g/mol. The topological polar surface area (TPSA) is 63.2 Å². The predicted octanol–water partition coefficient (Wildman–Crippen LogP) is 0.520. The van der Waals surface area contributed by atoms with Gasteiger partial charge in [-0.05, 0) is 13.3 Å². The predicted molar refractivity (Wildman–Crippen MR) is 44.7 cm³/mol. The minimum Gasteiger partial charge on any atom is -0.269 e. The monoisotopic (exact) mass is 189 g/mol. The summed E-state index contributed by atoms with van der Waals surface area (Å²) >= 11 is 0. The standard InChI is InChI=1S/C7H11NO3S/c1-3-4-6-5(2)12(10,11)8-7(6)9/h3-4H2,1-2H3,(H,8,9). The molecule has 0 aromatic heterocycles. The highest BCUT2D eigenvalue weighted by atomic mass is 32.2. The van der Waals surface area contributed by atoms with Gasteiger partial charge in [-0.3, -0.25) is 4.79 Å². The molecule has 0 aliphatic carbocycles. The van der Waals surface area contributed by atoms with Crippen molar-refractivity contribution in [2.45, 2.75) is 26.7 Å². The van der Waals surface area contributed by atoms with Crippen molar-refractivity contribution >= 4 is 15.9 Å². The van der Waals surface area contributed by atoms with Crippen LogP contribution in [0.3, 0.4) is 0 Å². The fourth-order valence-corrected chi connectivity index (χ4v) is 2.16. The second-order valence-corrected chi connectivity index (χ2v) is 4.54. The minimum absolute atomic E-state index is 0.175. The van der Waals surface area contributed by atoms with E-state index in [9.17, 15) is 13.2 Å². The van der Waals surface area contributed by atoms with Gasteiger partial charge in [-0.1, -0.05) is 13.3 Å². The normalized spacial score (nSPS) is 21.3. The largest absolute Gasteiger partial charge is 0.269 e. The summed E-state index contributed by atoms with van der Waals surface area (Å²) in [6.45, 7) is 3.36. The third-order valence-corrected chi connectivity index (χ3v) is 3.34. The van der Waals surface area contributed by atoms with E-state index < -0.39 is 15.9 Å². The second-order valence-electron chi connectivity index (χ2n) is 2.72. The summed E-state index contributed by atoms with van der Waals surface area (Å²) in [7, 11) is -3.47. The van der Waals surface area contributed by atoms with Crippen LogP contribution in [0.15, 0.2) is 10.5 Å². The van der Waals surface area contributed by atoms with E-state index in [4.69, 9.17) is 0 Å². The van der Waals surface area contributed by atoms with Crippen LogP contribution in [0.2, 0.25) is 0 Å². The molecular formula is C7H11NO3S. The molecule has 0 atom stereocenters. The highest BCUT2D eigenvalue weighted by Gasteiger charge is 2.31. The van der Waals surface area contributed by atoms with Gasteiger partial charge in [-0.25, -0.2) is 13.1 Å². The van der Waals surface area contributed by atoms with E-state index in [-0.39, 0.29) is 4.91 Å². The van der Waals surface area contributed by atoms with Crippen molar-refractivity contribution in [3.63, 3.8) is 0 Å². The van der Waals surface area contributed by atoms with Gasteiger partial charge in [0.1, 0.15) is 0 Å². The van der Waals surface area contributed by atoms with Gasteiger partial charge in [0.05, 0.1) is 4.91 Å². The lowest BCUT2D eigenvalue weighted by molar-refractivity contribution is -0.115. The zero-order valence-electron chi connectivity index (χ0n) is 7.05. The first-order valence-electron chi connectivity index (χ1n) is 3.76. The number of hydrogen-bond donors (Lipinski definition) is 1. The van der Waals surface area contributed by atoms with E-state index >= 15 is 0 Å². The van der Waals surface area contributed by atoms with Gasteiger partial charge in [0.2, 0.25) is 0 Å². The maximum Gasteiger partial charge on any atom is 0.261 e. The highest BCUT2D eigenvalue weighted by Crippen LogP contribution is 2.21. The number of rotatable bonds is 2. The van der Waals surface area contributed by atoms with E-state index in [1.807, 2.05) is 11.6 Å². The first kappa shape index (κ1) is 9.25. The van der Waals surface area contributed by atoms with Gasteiger partial charge < -0.3 is 0 Å². The first-order chi connectivity index (χ1) is 5.49. The summed E-state index contributed by atoms with van der Waals surface area (Å²) < 4.78 is 24.1. The van der Waals surface area contributed by atoms with E-state index in [0.29, 0.717) is 12.0 Å². The summed E-state index contributed by atoms with van der Waals surface area (Å²) in [6, 6.07) is 0. The Bertz CT molecular complexity index is 340. The maximum atomic E-state index is 11.1. The van der Waals surface area contributed by atoms with E-state index in [1.165, 1.54) is 6.92 Å². The third-order valence-electron chi connectivity index (χ3n) is 1.83. The van der Waals surface area contributed by atoms with Gasteiger partial charge in [-0.15, -0.1) is 0 Å². The van der Waals surface area contributed by atoms with E-state index in [1.54, 1.807) is 0 Å². The van der Waals surface area contributed by atoms with Crippen LogP contribution < -0.4 is 4.72 Å². The lowest BCUT2D eigenvalue weighted by atomic mass is 10.1. The van der Waals surface area contributed by atoms with Crippen LogP contribution in [-0.2, 0) is 14.8 Å². The minimum atomic E-state index is -3.47. The Morgan fingerprint density at radius 2 is 2.00 bits per heavy atom. The van der Waals surface area contributed by atoms with Crippen molar-refractivity contribution in [1.82, 2.24) is 4.72 Å². The number of nitrogens with one attached hydrogen (secondary N) is 1. The number of carbonyl (C=O) groups excluding carboxylic acids is 1. The van der Waals surface area contributed by atoms with Gasteiger partial charge in [0.25, 0.3) is 15.9 Å². The Morgan fingerprint density at radius 3 is 2.33 bits per heavy atom. The molecule has 0 spiro atoms. The number of sulfonamides is 1. The van der Waals surface area contributed by atoms with Crippen molar-refractivity contribution in [3.05, 3.63) is 10.5 Å². The lowest BCUT2D eigenvalue weighted by Gasteiger charge is -1.93. The zero-order chi connectivity index (χ0) is 9.35. The molecule has 0 saturated heterocycles. The van der Waals surface area contributed by atoms with E-state index in [2.05, 4.69) is 0 Å². The van der Waals surface area contributed by atoms with Crippen molar-refractivity contribution in [2.75, 3.05) is 0 Å². The number of allylic oxidation sites excluding steroid dienone is 1. The van der Waals surface area contributed by atoms with Gasteiger partial charge in [0.15, 0.2) is 0 Å². The molecule has 1 rings (SSSR count). The van der Waals surface area contributed by atoms with E-state index in [0.717, 1.165) is 6.42 Å². The molecule has 68 valence electrons. The molecule has 12 heavy (non-hydrogen) atoms. The highest BCUT2D eigenvalue weighted by molar-refractivity contribution is 7.94. The van der Waals surface area contributed by atoms with Crippen LogP contribution in [0, 0.1) is 0 Å². The van der Waals surface area contributed by atoms with Crippen LogP contribution in [-0.4, -0.2) is 14.3 Å². The molecule has 1 aliphatic heterocycles. The molecule has 1 amide bonds. The SMILES string of the molecule is CCCC1=C(C)S(=O)(=O)NC1=O. The molecule has 1 aliphatic rings. The Morgan fingerprint density at radius 1 is 1.42 bits per heavy atom. The Kier molecular flexibility index (Phi) is 2.23. The molecule has 4 nitrogen and oxygen atoms in total. The lowest BCUT2D eigenvalue weighted by Crippen LogP contribution is -2.23. The Balaban J connectivity index is 3.11. The molecule has 5 heteroatoms. The van der Waals surface area contributed by atoms with Crippen molar-refractivity contribution in [1.29, 1.82) is 0 Å². The fourth-order valence-electron chi connectivity index (χ4n) is 1.12. The fraction of sp³-hybridized carbons (Fsp3) is 0.571. The third kappa shape index (κ3) is 1.36. The van der Waals surface area contributed by atoms with Crippen LogP contribution in [0.1, 0.15) is 26.7 Å². The zero-order valence-corrected chi connectivity index (χ0v) is 7.86. The Hall–Kier alpha value is -0.840. The maximum absolute atomic E-state index is 11.1. The second kappa shape index (κ2) is 2.90. The molecule has 0 unspecified atom stereocenters. The average Bonchev–Trinajstić information content (AvgIpc) is 2.13. The molecule has 0 bridgehead atoms. The number of hydrogen-bond acceptors (Lipinski definition) is 3. The quantitative estimate of drug-likeness (QED) is 0.688. The summed E-state index contributed by atoms with van der Waals surface area (Å²) in [6.07, 6.45) is 1.30. The summed E-state index contributed by atoms with van der Waals surface area (Å²) in [4.78, 5) is 11.2. The van der Waals surface area contributed by atoms with Crippen LogP contribution in [0.25, 0.3) is 0 Å². The summed E-state index contributed by atoms with van der Waals surface area (Å²) in [5.74, 6) is -0.464. The first-order valence-corrected chi connectivity index (χ1v) is 5.24. The molecule has 1 N–H and O–H groups in total. The molecule has 0 aromatic carbocycles. The van der Waals surface area contributed by atoms with Crippen LogP contribution in [0.4, 0.5) is 0 Å². The Labute approximate surface area is 71.7 Å². The molecule has 0 aromatic rings. The molecule has 0 radical (unpaired) electrons. The summed E-state index contributed by atoms with van der Waals surface area (Å²) in [5.41, 5.74) is 0.400. The van der Waals surface area contributed by atoms with Crippen LogP contribution in [0.5, 0.6) is 0 Å². The van der Waals surface area contributed by atoms with Gasteiger partial charge in [-0.2, -0.15) is 0 Å². The van der Waals surface area contributed by atoms with Crippen molar-refractivity contribution in [3.8, 4) is 0 Å². The van der Waals surface area contributed by atoms with Crippen molar-refractivity contribution < 1.29 is 13.2 Å².